The van der Waals surface area contributed by atoms with Gasteiger partial charge in [0.25, 0.3) is 5.91 Å². The minimum atomic E-state index is 0.0140. The summed E-state index contributed by atoms with van der Waals surface area (Å²) in [4.78, 5) is 15.1. The molecule has 0 spiro atoms. The Morgan fingerprint density at radius 2 is 2.00 bits per heavy atom. The van der Waals surface area contributed by atoms with Crippen molar-refractivity contribution in [2.24, 2.45) is 13.0 Å². The van der Waals surface area contributed by atoms with Gasteiger partial charge in [-0.1, -0.05) is 0 Å². The van der Waals surface area contributed by atoms with Gasteiger partial charge in [0.2, 0.25) is 0 Å². The summed E-state index contributed by atoms with van der Waals surface area (Å²) in [7, 11) is 3.50. The van der Waals surface area contributed by atoms with Gasteiger partial charge in [0.15, 0.2) is 0 Å². The third-order valence-corrected chi connectivity index (χ3v) is 4.75. The molecular formula is C18H23N3O2. The number of rotatable bonds is 5. The number of carbonyl (C=O) groups excluding carboxylic acids is 1. The number of carbonyl (C=O) groups is 1. The second-order valence-electron chi connectivity index (χ2n) is 6.22. The number of benzene rings is 1. The number of amides is 1. The zero-order valence-electron chi connectivity index (χ0n) is 14.1. The summed E-state index contributed by atoms with van der Waals surface area (Å²) in [5.74, 6) is 1.39. The first kappa shape index (κ1) is 15.6. The van der Waals surface area contributed by atoms with Crippen molar-refractivity contribution in [3.8, 4) is 5.75 Å². The molecule has 1 aliphatic carbocycles. The fourth-order valence-electron chi connectivity index (χ4n) is 2.91. The predicted molar refractivity (Wildman–Crippen MR) is 89.9 cm³/mol. The van der Waals surface area contributed by atoms with Crippen LogP contribution in [0.2, 0.25) is 0 Å². The standard InChI is InChI=1S/C18H23N3O2/c1-12(14-5-6-14)21(15-7-9-16(23-4)10-8-15)18(22)17-11-19-20(3)13(17)2/h7-12,14H,5-6H2,1-4H3. The maximum absolute atomic E-state index is 13.1. The van der Waals surface area contributed by atoms with Crippen LogP contribution in [0.3, 0.4) is 0 Å². The molecule has 1 amide bonds. The van der Waals surface area contributed by atoms with Crippen LogP contribution in [0.15, 0.2) is 30.5 Å². The third kappa shape index (κ3) is 2.96. The molecular weight excluding hydrogens is 290 g/mol. The van der Waals surface area contributed by atoms with Crippen molar-refractivity contribution < 1.29 is 9.53 Å². The SMILES string of the molecule is COc1ccc(N(C(=O)c2cnn(C)c2C)C(C)C2CC2)cc1. The van der Waals surface area contributed by atoms with Gasteiger partial charge >= 0.3 is 0 Å². The number of aromatic nitrogens is 2. The van der Waals surface area contributed by atoms with E-state index in [-0.39, 0.29) is 11.9 Å². The topological polar surface area (TPSA) is 47.4 Å². The lowest BCUT2D eigenvalue weighted by molar-refractivity contribution is 0.0975. The van der Waals surface area contributed by atoms with Crippen molar-refractivity contribution in [1.82, 2.24) is 9.78 Å². The molecule has 1 heterocycles. The summed E-state index contributed by atoms with van der Waals surface area (Å²) in [6, 6.07) is 7.86. The van der Waals surface area contributed by atoms with E-state index >= 15 is 0 Å². The molecule has 1 aromatic heterocycles. The highest BCUT2D eigenvalue weighted by molar-refractivity contribution is 6.07. The molecule has 122 valence electrons. The number of methoxy groups -OCH3 is 1. The Hall–Kier alpha value is -2.30. The lowest BCUT2D eigenvalue weighted by Gasteiger charge is -2.29. The van der Waals surface area contributed by atoms with Gasteiger partial charge < -0.3 is 9.64 Å². The van der Waals surface area contributed by atoms with Crippen molar-refractivity contribution in [1.29, 1.82) is 0 Å². The van der Waals surface area contributed by atoms with Crippen molar-refractivity contribution in [3.63, 3.8) is 0 Å². The summed E-state index contributed by atoms with van der Waals surface area (Å²) < 4.78 is 6.96. The molecule has 5 nitrogen and oxygen atoms in total. The Balaban J connectivity index is 1.97. The highest BCUT2D eigenvalue weighted by Gasteiger charge is 2.36. The smallest absolute Gasteiger partial charge is 0.261 e. The lowest BCUT2D eigenvalue weighted by Crippen LogP contribution is -2.40. The molecule has 0 bridgehead atoms. The summed E-state index contributed by atoms with van der Waals surface area (Å²) in [6.07, 6.45) is 4.04. The van der Waals surface area contributed by atoms with Crippen LogP contribution < -0.4 is 9.64 Å². The third-order valence-electron chi connectivity index (χ3n) is 4.75. The molecule has 1 unspecified atom stereocenters. The molecule has 3 rings (SSSR count). The first-order chi connectivity index (χ1) is 11.0. The van der Waals surface area contributed by atoms with Crippen LogP contribution in [0.5, 0.6) is 5.75 Å². The maximum Gasteiger partial charge on any atom is 0.261 e. The lowest BCUT2D eigenvalue weighted by atomic mass is 10.1. The minimum Gasteiger partial charge on any atom is -0.497 e. The second kappa shape index (κ2) is 6.07. The van der Waals surface area contributed by atoms with Crippen LogP contribution in [0.25, 0.3) is 0 Å². The quantitative estimate of drug-likeness (QED) is 0.852. The molecule has 0 N–H and O–H groups in total. The minimum absolute atomic E-state index is 0.0140. The summed E-state index contributed by atoms with van der Waals surface area (Å²) in [5.41, 5.74) is 2.45. The average Bonchev–Trinajstić information content (AvgIpc) is 3.35. The van der Waals surface area contributed by atoms with Gasteiger partial charge in [0.05, 0.1) is 18.9 Å². The van der Waals surface area contributed by atoms with Crippen LogP contribution >= 0.6 is 0 Å². The fourth-order valence-corrected chi connectivity index (χ4v) is 2.91. The van der Waals surface area contributed by atoms with Gasteiger partial charge in [-0.05, 0) is 56.9 Å². The number of ether oxygens (including phenoxy) is 1. The van der Waals surface area contributed by atoms with Gasteiger partial charge in [-0.2, -0.15) is 5.10 Å². The summed E-state index contributed by atoms with van der Waals surface area (Å²) in [5, 5.41) is 4.21. The van der Waals surface area contributed by atoms with Crippen LogP contribution in [-0.4, -0.2) is 28.8 Å². The molecule has 1 atom stereocenters. The normalized spacial score (nSPS) is 15.3. The molecule has 5 heteroatoms. The van der Waals surface area contributed by atoms with Crippen molar-refractivity contribution in [2.45, 2.75) is 32.7 Å². The number of aryl methyl sites for hydroxylation is 1. The zero-order chi connectivity index (χ0) is 16.6. The van der Waals surface area contributed by atoms with Crippen molar-refractivity contribution in [3.05, 3.63) is 41.7 Å². The average molecular weight is 313 g/mol. The van der Waals surface area contributed by atoms with E-state index in [0.29, 0.717) is 11.5 Å². The van der Waals surface area contributed by atoms with E-state index in [0.717, 1.165) is 17.1 Å². The van der Waals surface area contributed by atoms with E-state index in [2.05, 4.69) is 12.0 Å². The number of nitrogens with zero attached hydrogens (tertiary/aromatic N) is 3. The zero-order valence-corrected chi connectivity index (χ0v) is 14.1. The molecule has 1 aliphatic rings. The van der Waals surface area contributed by atoms with Gasteiger partial charge in [-0.3, -0.25) is 9.48 Å². The first-order valence-electron chi connectivity index (χ1n) is 7.99. The van der Waals surface area contributed by atoms with E-state index in [9.17, 15) is 4.79 Å². The van der Waals surface area contributed by atoms with E-state index in [1.54, 1.807) is 18.0 Å². The van der Waals surface area contributed by atoms with Gasteiger partial charge in [-0.25, -0.2) is 0 Å². The van der Waals surface area contributed by atoms with Gasteiger partial charge in [-0.15, -0.1) is 0 Å². The second-order valence-corrected chi connectivity index (χ2v) is 6.22. The van der Waals surface area contributed by atoms with Crippen molar-refractivity contribution in [2.75, 3.05) is 12.0 Å². The largest absolute Gasteiger partial charge is 0.497 e. The Kier molecular flexibility index (Phi) is 4.11. The molecule has 2 aromatic rings. The Bertz CT molecular complexity index is 702. The number of anilines is 1. The number of hydrogen-bond donors (Lipinski definition) is 0. The fraction of sp³-hybridized carbons (Fsp3) is 0.444. The highest BCUT2D eigenvalue weighted by Crippen LogP contribution is 2.38. The van der Waals surface area contributed by atoms with Crippen molar-refractivity contribution >= 4 is 11.6 Å². The Labute approximate surface area is 136 Å². The Morgan fingerprint density at radius 3 is 2.48 bits per heavy atom. The monoisotopic (exact) mass is 313 g/mol. The van der Waals surface area contributed by atoms with E-state index in [4.69, 9.17) is 4.74 Å². The van der Waals surface area contributed by atoms with Crippen LogP contribution in [0.4, 0.5) is 5.69 Å². The molecule has 1 saturated carbocycles. The van der Waals surface area contributed by atoms with Crippen LogP contribution in [-0.2, 0) is 7.05 Å². The molecule has 0 saturated heterocycles. The molecule has 0 aliphatic heterocycles. The highest BCUT2D eigenvalue weighted by atomic mass is 16.5. The molecule has 1 fully saturated rings. The molecule has 0 radical (unpaired) electrons. The maximum atomic E-state index is 13.1. The van der Waals surface area contributed by atoms with E-state index < -0.39 is 0 Å². The first-order valence-corrected chi connectivity index (χ1v) is 7.99. The molecule has 23 heavy (non-hydrogen) atoms. The molecule has 1 aromatic carbocycles. The predicted octanol–water partition coefficient (Wildman–Crippen LogP) is 3.18. The van der Waals surface area contributed by atoms with E-state index in [1.165, 1.54) is 12.8 Å². The Morgan fingerprint density at radius 1 is 1.35 bits per heavy atom. The van der Waals surface area contributed by atoms with Gasteiger partial charge in [0.1, 0.15) is 5.75 Å². The van der Waals surface area contributed by atoms with Crippen LogP contribution in [0.1, 0.15) is 35.8 Å². The number of hydrogen-bond acceptors (Lipinski definition) is 3. The van der Waals surface area contributed by atoms with E-state index in [1.807, 2.05) is 43.1 Å². The summed E-state index contributed by atoms with van der Waals surface area (Å²) in [6.45, 7) is 4.06. The van der Waals surface area contributed by atoms with Gasteiger partial charge in [0, 0.05) is 24.5 Å². The van der Waals surface area contributed by atoms with Crippen LogP contribution in [0, 0.1) is 12.8 Å². The summed E-state index contributed by atoms with van der Waals surface area (Å²) >= 11 is 0.